The van der Waals surface area contributed by atoms with Crippen molar-refractivity contribution < 1.29 is 0 Å². The normalized spacial score (nSPS) is 12.3. The SMILES string of the molecule is CC(C)/C(=C/c1ccc(Br)cc1Cl)CCl. The van der Waals surface area contributed by atoms with Gasteiger partial charge in [-0.3, -0.25) is 0 Å². The Morgan fingerprint density at radius 1 is 1.47 bits per heavy atom. The summed E-state index contributed by atoms with van der Waals surface area (Å²) < 4.78 is 0.988. The highest BCUT2D eigenvalue weighted by atomic mass is 79.9. The van der Waals surface area contributed by atoms with E-state index < -0.39 is 0 Å². The lowest BCUT2D eigenvalue weighted by Crippen LogP contribution is -1.95. The molecule has 0 spiro atoms. The summed E-state index contributed by atoms with van der Waals surface area (Å²) >= 11 is 15.4. The van der Waals surface area contributed by atoms with E-state index in [4.69, 9.17) is 23.2 Å². The van der Waals surface area contributed by atoms with Crippen molar-refractivity contribution in [1.29, 1.82) is 0 Å². The summed E-state index contributed by atoms with van der Waals surface area (Å²) in [6, 6.07) is 5.85. The van der Waals surface area contributed by atoms with E-state index in [1.807, 2.05) is 18.2 Å². The van der Waals surface area contributed by atoms with Crippen molar-refractivity contribution in [3.63, 3.8) is 0 Å². The highest BCUT2D eigenvalue weighted by Gasteiger charge is 2.04. The smallest absolute Gasteiger partial charge is 0.0489 e. The molecule has 0 aromatic heterocycles. The molecule has 0 aliphatic rings. The molecule has 15 heavy (non-hydrogen) atoms. The molecule has 0 heterocycles. The summed E-state index contributed by atoms with van der Waals surface area (Å²) in [5, 5.41) is 0.743. The molecule has 0 nitrogen and oxygen atoms in total. The Bertz CT molecular complexity index is 370. The molecule has 0 aliphatic carbocycles. The van der Waals surface area contributed by atoms with Crippen LogP contribution in [0.3, 0.4) is 0 Å². The lowest BCUT2D eigenvalue weighted by molar-refractivity contribution is 0.778. The lowest BCUT2D eigenvalue weighted by Gasteiger charge is -2.08. The Labute approximate surface area is 109 Å². The van der Waals surface area contributed by atoms with Crippen LogP contribution in [-0.4, -0.2) is 5.88 Å². The monoisotopic (exact) mass is 306 g/mol. The number of hydrogen-bond acceptors (Lipinski definition) is 0. The van der Waals surface area contributed by atoms with Gasteiger partial charge in [-0.15, -0.1) is 11.6 Å². The molecule has 0 N–H and O–H groups in total. The highest BCUT2D eigenvalue weighted by molar-refractivity contribution is 9.10. The number of alkyl halides is 1. The lowest BCUT2D eigenvalue weighted by atomic mass is 10.0. The molecule has 0 aliphatic heterocycles. The molecule has 1 aromatic carbocycles. The predicted molar refractivity (Wildman–Crippen MR) is 72.7 cm³/mol. The summed E-state index contributed by atoms with van der Waals surface area (Å²) in [6.45, 7) is 4.25. The molecule has 3 heteroatoms. The minimum atomic E-state index is 0.446. The van der Waals surface area contributed by atoms with Crippen LogP contribution in [0, 0.1) is 5.92 Å². The van der Waals surface area contributed by atoms with Gasteiger partial charge in [0.1, 0.15) is 0 Å². The standard InChI is InChI=1S/C12H13BrCl2/c1-8(2)10(7-14)5-9-3-4-11(13)6-12(9)15/h3-6,8H,7H2,1-2H3/b10-5+. The van der Waals surface area contributed by atoms with Gasteiger partial charge in [0.2, 0.25) is 0 Å². The molecular formula is C12H13BrCl2. The van der Waals surface area contributed by atoms with E-state index in [-0.39, 0.29) is 0 Å². The van der Waals surface area contributed by atoms with Gasteiger partial charge in [0.15, 0.2) is 0 Å². The summed E-state index contributed by atoms with van der Waals surface area (Å²) in [6.07, 6.45) is 2.06. The van der Waals surface area contributed by atoms with Crippen molar-refractivity contribution in [3.8, 4) is 0 Å². The quantitative estimate of drug-likeness (QED) is 0.658. The first-order valence-corrected chi connectivity index (χ1v) is 6.46. The first-order valence-electron chi connectivity index (χ1n) is 4.76. The van der Waals surface area contributed by atoms with Gasteiger partial charge in [-0.25, -0.2) is 0 Å². The molecule has 0 saturated heterocycles. The van der Waals surface area contributed by atoms with E-state index in [0.717, 1.165) is 15.1 Å². The van der Waals surface area contributed by atoms with Crippen LogP contribution < -0.4 is 0 Å². The molecule has 0 fully saturated rings. The third kappa shape index (κ3) is 3.82. The topological polar surface area (TPSA) is 0 Å². The molecule has 0 unspecified atom stereocenters. The van der Waals surface area contributed by atoms with Crippen molar-refractivity contribution in [2.75, 3.05) is 5.88 Å². The van der Waals surface area contributed by atoms with Gasteiger partial charge in [-0.1, -0.05) is 59.1 Å². The molecule has 0 radical (unpaired) electrons. The third-order valence-corrected chi connectivity index (χ3v) is 3.33. The Morgan fingerprint density at radius 2 is 2.13 bits per heavy atom. The molecule has 0 saturated carbocycles. The van der Waals surface area contributed by atoms with Gasteiger partial charge in [-0.05, 0) is 23.6 Å². The van der Waals surface area contributed by atoms with Crippen LogP contribution in [0.4, 0.5) is 0 Å². The van der Waals surface area contributed by atoms with Crippen LogP contribution in [0.25, 0.3) is 6.08 Å². The number of rotatable bonds is 3. The zero-order valence-electron chi connectivity index (χ0n) is 8.73. The van der Waals surface area contributed by atoms with Crippen molar-refractivity contribution >= 4 is 45.2 Å². The van der Waals surface area contributed by atoms with Crippen LogP contribution in [0.1, 0.15) is 19.4 Å². The Morgan fingerprint density at radius 3 is 2.60 bits per heavy atom. The summed E-state index contributed by atoms with van der Waals surface area (Å²) in [5.41, 5.74) is 2.21. The number of allylic oxidation sites excluding steroid dienone is 1. The maximum Gasteiger partial charge on any atom is 0.0489 e. The Balaban J connectivity index is 3.06. The molecular weight excluding hydrogens is 295 g/mol. The van der Waals surface area contributed by atoms with Crippen LogP contribution in [0.5, 0.6) is 0 Å². The van der Waals surface area contributed by atoms with Gasteiger partial charge >= 0.3 is 0 Å². The summed E-state index contributed by atoms with van der Waals surface area (Å²) in [4.78, 5) is 0. The number of halogens is 3. The van der Waals surface area contributed by atoms with Crippen molar-refractivity contribution in [3.05, 3.63) is 38.8 Å². The minimum Gasteiger partial charge on any atom is -0.122 e. The van der Waals surface area contributed by atoms with E-state index in [1.54, 1.807) is 0 Å². The predicted octanol–water partition coefficient (Wildman–Crippen LogP) is 5.38. The molecule has 1 aromatic rings. The molecule has 0 amide bonds. The second kappa shape index (κ2) is 5.93. The molecule has 0 bridgehead atoms. The average Bonchev–Trinajstić information content (AvgIpc) is 2.16. The van der Waals surface area contributed by atoms with Gasteiger partial charge in [0.25, 0.3) is 0 Å². The van der Waals surface area contributed by atoms with E-state index in [9.17, 15) is 0 Å². The fraction of sp³-hybridized carbons (Fsp3) is 0.333. The zero-order chi connectivity index (χ0) is 11.4. The van der Waals surface area contributed by atoms with Crippen molar-refractivity contribution in [1.82, 2.24) is 0 Å². The summed E-state index contributed by atoms with van der Waals surface area (Å²) in [7, 11) is 0. The van der Waals surface area contributed by atoms with E-state index in [1.165, 1.54) is 5.57 Å². The second-order valence-corrected chi connectivity index (χ2v) is 5.26. The number of benzene rings is 1. The fourth-order valence-electron chi connectivity index (χ4n) is 1.18. The van der Waals surface area contributed by atoms with Crippen LogP contribution in [0.15, 0.2) is 28.2 Å². The van der Waals surface area contributed by atoms with E-state index >= 15 is 0 Å². The molecule has 1 rings (SSSR count). The first-order chi connectivity index (χ1) is 7.04. The van der Waals surface area contributed by atoms with Gasteiger partial charge in [0, 0.05) is 15.4 Å². The zero-order valence-corrected chi connectivity index (χ0v) is 11.8. The fourth-order valence-corrected chi connectivity index (χ4v) is 2.29. The maximum atomic E-state index is 6.12. The van der Waals surface area contributed by atoms with Gasteiger partial charge in [0.05, 0.1) is 0 Å². The van der Waals surface area contributed by atoms with Gasteiger partial charge < -0.3 is 0 Å². The van der Waals surface area contributed by atoms with Gasteiger partial charge in [-0.2, -0.15) is 0 Å². The average molecular weight is 308 g/mol. The van der Waals surface area contributed by atoms with Crippen molar-refractivity contribution in [2.24, 2.45) is 5.92 Å². The third-order valence-electron chi connectivity index (χ3n) is 2.20. The number of hydrogen-bond donors (Lipinski definition) is 0. The Hall–Kier alpha value is 0.0200. The van der Waals surface area contributed by atoms with E-state index in [0.29, 0.717) is 11.8 Å². The largest absolute Gasteiger partial charge is 0.122 e. The summed E-state index contributed by atoms with van der Waals surface area (Å²) in [5.74, 6) is 0.992. The minimum absolute atomic E-state index is 0.446. The molecule has 0 atom stereocenters. The first kappa shape index (κ1) is 13.1. The molecule has 82 valence electrons. The van der Waals surface area contributed by atoms with Crippen molar-refractivity contribution in [2.45, 2.75) is 13.8 Å². The second-order valence-electron chi connectivity index (χ2n) is 3.67. The van der Waals surface area contributed by atoms with Crippen LogP contribution in [-0.2, 0) is 0 Å². The van der Waals surface area contributed by atoms with E-state index in [2.05, 4.69) is 35.9 Å². The maximum absolute atomic E-state index is 6.12. The van der Waals surface area contributed by atoms with Crippen LogP contribution in [0.2, 0.25) is 5.02 Å². The van der Waals surface area contributed by atoms with Crippen LogP contribution >= 0.6 is 39.1 Å². The Kier molecular flexibility index (Phi) is 5.17. The highest BCUT2D eigenvalue weighted by Crippen LogP contribution is 2.25.